The van der Waals surface area contributed by atoms with Gasteiger partial charge >= 0.3 is 29.0 Å². The van der Waals surface area contributed by atoms with Crippen LogP contribution in [0.15, 0.2) is 0 Å². The zero-order chi connectivity index (χ0) is 4.99. The second-order valence-electron chi connectivity index (χ2n) is 0.925. The van der Waals surface area contributed by atoms with Crippen LogP contribution in [-0.2, 0) is 9.53 Å². The van der Waals surface area contributed by atoms with E-state index in [9.17, 15) is 4.79 Å². The number of carbonyl (C=O) groups excluding carboxylic acids is 1. The molecule has 0 aromatic rings. The maximum atomic E-state index is 9.82. The average molecular weight is 183 g/mol. The van der Waals surface area contributed by atoms with Crippen molar-refractivity contribution in [3.05, 3.63) is 0 Å². The first-order valence-electron chi connectivity index (χ1n) is 1.90. The molecular weight excluding hydrogens is 175 g/mol. The summed E-state index contributed by atoms with van der Waals surface area (Å²) in [4.78, 5) is 9.82. The van der Waals surface area contributed by atoms with Crippen LogP contribution >= 0.6 is 0 Å². The number of halogens is 2. The maximum absolute atomic E-state index is 9.82. The molecule has 0 rings (SSSR count). The first-order chi connectivity index (χ1) is 2.77. The summed E-state index contributed by atoms with van der Waals surface area (Å²) >= 11 is 0. The molecule has 2 nitrogen and oxygen atoms in total. The molecule has 0 unspecified atom stereocenters. The monoisotopic (exact) mass is 182 g/mol. The molecule has 0 aliphatic carbocycles. The Labute approximate surface area is 83.7 Å². The van der Waals surface area contributed by atoms with Crippen molar-refractivity contribution in [3.63, 3.8) is 0 Å². The molecule has 0 radical (unpaired) electrons. The van der Waals surface area contributed by atoms with Gasteiger partial charge in [-0.25, -0.2) is 0 Å². The SMILES string of the molecule is CCOC(C)=O.[Cl-].[Cl-].[Mg+2]. The van der Waals surface area contributed by atoms with Gasteiger partial charge in [-0.2, -0.15) is 0 Å². The van der Waals surface area contributed by atoms with Crippen molar-refractivity contribution in [1.29, 1.82) is 0 Å². The predicted octanol–water partition coefficient (Wildman–Crippen LogP) is -5.80. The van der Waals surface area contributed by atoms with Gasteiger partial charge in [-0.1, -0.05) is 0 Å². The third kappa shape index (κ3) is 28.1. The van der Waals surface area contributed by atoms with E-state index in [4.69, 9.17) is 0 Å². The van der Waals surface area contributed by atoms with E-state index in [1.54, 1.807) is 6.92 Å². The molecule has 0 aliphatic rings. The molecule has 0 N–H and O–H groups in total. The van der Waals surface area contributed by atoms with E-state index in [1.807, 2.05) is 0 Å². The van der Waals surface area contributed by atoms with Gasteiger partial charge < -0.3 is 29.6 Å². The summed E-state index contributed by atoms with van der Waals surface area (Å²) in [5.41, 5.74) is 0. The van der Waals surface area contributed by atoms with Crippen LogP contribution in [0.1, 0.15) is 13.8 Å². The quantitative estimate of drug-likeness (QED) is 0.299. The molecule has 0 atom stereocenters. The van der Waals surface area contributed by atoms with Crippen LogP contribution in [0.3, 0.4) is 0 Å². The fourth-order valence-corrected chi connectivity index (χ4v) is 0.203. The Bertz CT molecular complexity index is 60.5. The molecule has 0 heterocycles. The van der Waals surface area contributed by atoms with Crippen molar-refractivity contribution in [2.45, 2.75) is 13.8 Å². The summed E-state index contributed by atoms with van der Waals surface area (Å²) < 4.78 is 4.40. The summed E-state index contributed by atoms with van der Waals surface area (Å²) in [6.07, 6.45) is 0. The summed E-state index contributed by atoms with van der Waals surface area (Å²) in [6, 6.07) is 0. The van der Waals surface area contributed by atoms with Gasteiger partial charge in [0, 0.05) is 6.92 Å². The number of esters is 1. The molecule has 0 saturated carbocycles. The van der Waals surface area contributed by atoms with Crippen LogP contribution in [0.2, 0.25) is 0 Å². The van der Waals surface area contributed by atoms with Crippen molar-refractivity contribution >= 4 is 29.0 Å². The van der Waals surface area contributed by atoms with Crippen LogP contribution in [0.25, 0.3) is 0 Å². The Morgan fingerprint density at radius 2 is 1.78 bits per heavy atom. The molecule has 9 heavy (non-hydrogen) atoms. The molecule has 0 aromatic carbocycles. The molecule has 0 aliphatic heterocycles. The van der Waals surface area contributed by atoms with E-state index in [0.717, 1.165) is 0 Å². The van der Waals surface area contributed by atoms with E-state index in [1.165, 1.54) is 6.92 Å². The van der Waals surface area contributed by atoms with E-state index in [0.29, 0.717) is 6.61 Å². The largest absolute Gasteiger partial charge is 2.00 e. The fraction of sp³-hybridized carbons (Fsp3) is 0.750. The minimum atomic E-state index is -0.211. The standard InChI is InChI=1S/C4H8O2.2ClH.Mg/c1-3-6-4(2)5;;;/h3H2,1-2H3;2*1H;/q;;;+2/p-2. The summed E-state index contributed by atoms with van der Waals surface area (Å²) in [5.74, 6) is -0.211. The topological polar surface area (TPSA) is 26.3 Å². The summed E-state index contributed by atoms with van der Waals surface area (Å²) in [5, 5.41) is 0. The van der Waals surface area contributed by atoms with Crippen molar-refractivity contribution in [3.8, 4) is 0 Å². The van der Waals surface area contributed by atoms with Crippen LogP contribution in [0, 0.1) is 0 Å². The van der Waals surface area contributed by atoms with Crippen LogP contribution in [-0.4, -0.2) is 35.6 Å². The number of hydrogen-bond donors (Lipinski definition) is 0. The molecule has 0 aromatic heterocycles. The summed E-state index contributed by atoms with van der Waals surface area (Å²) in [7, 11) is 0. The van der Waals surface area contributed by atoms with Gasteiger partial charge in [-0.05, 0) is 6.92 Å². The Morgan fingerprint density at radius 1 is 1.44 bits per heavy atom. The zero-order valence-corrected chi connectivity index (χ0v) is 8.41. The van der Waals surface area contributed by atoms with E-state index in [-0.39, 0.29) is 53.8 Å². The Morgan fingerprint density at radius 3 is 1.78 bits per heavy atom. The van der Waals surface area contributed by atoms with E-state index < -0.39 is 0 Å². The molecule has 0 saturated heterocycles. The number of ether oxygens (including phenoxy) is 1. The van der Waals surface area contributed by atoms with Crippen molar-refractivity contribution < 1.29 is 34.3 Å². The van der Waals surface area contributed by atoms with Crippen LogP contribution in [0.4, 0.5) is 0 Å². The molecule has 0 fully saturated rings. The van der Waals surface area contributed by atoms with Gasteiger partial charge in [0.2, 0.25) is 0 Å². The molecule has 52 valence electrons. The second-order valence-corrected chi connectivity index (χ2v) is 0.925. The van der Waals surface area contributed by atoms with Gasteiger partial charge in [0.15, 0.2) is 0 Å². The van der Waals surface area contributed by atoms with Gasteiger partial charge in [-0.15, -0.1) is 0 Å². The van der Waals surface area contributed by atoms with E-state index >= 15 is 0 Å². The first kappa shape index (κ1) is 22.6. The molecule has 0 amide bonds. The van der Waals surface area contributed by atoms with Gasteiger partial charge in [0.25, 0.3) is 0 Å². The minimum Gasteiger partial charge on any atom is -1.00 e. The fourth-order valence-electron chi connectivity index (χ4n) is 0.203. The van der Waals surface area contributed by atoms with Crippen LogP contribution < -0.4 is 24.8 Å². The van der Waals surface area contributed by atoms with Gasteiger partial charge in [-0.3, -0.25) is 4.79 Å². The molecule has 0 bridgehead atoms. The third-order valence-corrected chi connectivity index (χ3v) is 0.348. The average Bonchev–Trinajstić information content (AvgIpc) is 1.35. The van der Waals surface area contributed by atoms with Gasteiger partial charge in [0.1, 0.15) is 0 Å². The van der Waals surface area contributed by atoms with Crippen molar-refractivity contribution in [2.75, 3.05) is 6.61 Å². The Hall–Kier alpha value is 0.816. The molecule has 0 spiro atoms. The smallest absolute Gasteiger partial charge is 1.00 e. The van der Waals surface area contributed by atoms with Crippen molar-refractivity contribution in [1.82, 2.24) is 0 Å². The summed E-state index contributed by atoms with van der Waals surface area (Å²) in [6.45, 7) is 3.65. The zero-order valence-electron chi connectivity index (χ0n) is 5.49. The molecular formula is C4H8Cl2MgO2. The number of rotatable bonds is 1. The molecule has 5 heteroatoms. The predicted molar refractivity (Wildman–Crippen MR) is 28.1 cm³/mol. The first-order valence-corrected chi connectivity index (χ1v) is 1.90. The normalized spacial score (nSPS) is 5.11. The minimum absolute atomic E-state index is 0. The second kappa shape index (κ2) is 15.9. The Balaban J connectivity index is -0.0000000417. The van der Waals surface area contributed by atoms with Crippen LogP contribution in [0.5, 0.6) is 0 Å². The maximum Gasteiger partial charge on any atom is 2.00 e. The Kier molecular flexibility index (Phi) is 39.9. The van der Waals surface area contributed by atoms with Gasteiger partial charge in [0.05, 0.1) is 6.61 Å². The number of hydrogen-bond acceptors (Lipinski definition) is 2. The van der Waals surface area contributed by atoms with E-state index in [2.05, 4.69) is 4.74 Å². The third-order valence-electron chi connectivity index (χ3n) is 0.348. The van der Waals surface area contributed by atoms with Crippen molar-refractivity contribution in [2.24, 2.45) is 0 Å². The number of carbonyl (C=O) groups is 1.